The van der Waals surface area contributed by atoms with Crippen molar-refractivity contribution in [2.24, 2.45) is 5.73 Å². The molecule has 0 atom stereocenters. The molecular weight excluding hydrogens is 126 g/mol. The Balaban J connectivity index is 3.68. The van der Waals surface area contributed by atoms with Gasteiger partial charge in [0.2, 0.25) is 0 Å². The van der Waals surface area contributed by atoms with Gasteiger partial charge in [0.25, 0.3) is 0 Å². The normalized spacial score (nSPS) is 14.8. The number of hydrogen-bond acceptors (Lipinski definition) is 2. The topological polar surface area (TPSA) is 75.9 Å². The second kappa shape index (κ2) is 2.39. The van der Waals surface area contributed by atoms with Gasteiger partial charge in [-0.15, -0.1) is 0 Å². The van der Waals surface area contributed by atoms with Gasteiger partial charge in [-0.3, -0.25) is 5.41 Å². The van der Waals surface area contributed by atoms with Gasteiger partial charge in [-0.2, -0.15) is 0 Å². The SMILES string of the molecule is [2H]c1c([2H])c(C(=N)N)c([2H])c([2H])c1N. The van der Waals surface area contributed by atoms with Gasteiger partial charge in [-0.05, 0) is 24.2 Å². The van der Waals surface area contributed by atoms with Gasteiger partial charge in [0, 0.05) is 11.3 Å². The molecule has 0 radical (unpaired) electrons. The van der Waals surface area contributed by atoms with Crippen molar-refractivity contribution < 1.29 is 5.48 Å². The third kappa shape index (κ3) is 1.25. The number of nitrogens with one attached hydrogen (secondary N) is 1. The molecule has 0 saturated heterocycles. The first-order chi connectivity index (χ1) is 6.37. The molecule has 52 valence electrons. The summed E-state index contributed by atoms with van der Waals surface area (Å²) in [7, 11) is 0. The molecule has 0 aliphatic rings. The maximum atomic E-state index is 7.41. The first-order valence-electron chi connectivity index (χ1n) is 4.58. The van der Waals surface area contributed by atoms with Crippen LogP contribution in [0, 0.1) is 5.41 Å². The zero-order valence-electron chi connectivity index (χ0n) is 9.15. The van der Waals surface area contributed by atoms with Crippen LogP contribution < -0.4 is 11.5 Å². The van der Waals surface area contributed by atoms with E-state index in [9.17, 15) is 0 Å². The third-order valence-electron chi connectivity index (χ3n) is 0.914. The summed E-state index contributed by atoms with van der Waals surface area (Å²) in [6, 6.07) is -1.49. The fourth-order valence-electron chi connectivity index (χ4n) is 0.457. The highest BCUT2D eigenvalue weighted by Gasteiger charge is 1.92. The lowest BCUT2D eigenvalue weighted by Gasteiger charge is -1.96. The number of nitrogen functional groups attached to an aromatic ring is 2. The van der Waals surface area contributed by atoms with Gasteiger partial charge < -0.3 is 11.5 Å². The van der Waals surface area contributed by atoms with E-state index in [0.29, 0.717) is 0 Å². The van der Waals surface area contributed by atoms with Crippen LogP contribution in [0.2, 0.25) is 0 Å². The van der Waals surface area contributed by atoms with E-state index >= 15 is 0 Å². The first-order valence-corrected chi connectivity index (χ1v) is 2.58. The maximum Gasteiger partial charge on any atom is 0.122 e. The summed E-state index contributed by atoms with van der Waals surface area (Å²) in [6.45, 7) is 0. The van der Waals surface area contributed by atoms with Crippen molar-refractivity contribution in [1.29, 1.82) is 5.41 Å². The zero-order valence-corrected chi connectivity index (χ0v) is 5.15. The molecule has 1 rings (SSSR count). The van der Waals surface area contributed by atoms with E-state index in [4.69, 9.17) is 22.4 Å². The van der Waals surface area contributed by atoms with Crippen molar-refractivity contribution in [3.8, 4) is 0 Å². The Morgan fingerprint density at radius 3 is 2.30 bits per heavy atom. The van der Waals surface area contributed by atoms with Crippen LogP contribution in [0.25, 0.3) is 0 Å². The number of anilines is 1. The van der Waals surface area contributed by atoms with E-state index in [1.807, 2.05) is 0 Å². The minimum atomic E-state index is -0.498. The van der Waals surface area contributed by atoms with Crippen LogP contribution in [0.15, 0.2) is 24.2 Å². The molecule has 0 aliphatic heterocycles. The van der Waals surface area contributed by atoms with Crippen molar-refractivity contribution in [2.45, 2.75) is 0 Å². The fraction of sp³-hybridized carbons (Fsp3) is 0. The van der Waals surface area contributed by atoms with Crippen molar-refractivity contribution in [3.63, 3.8) is 0 Å². The van der Waals surface area contributed by atoms with Gasteiger partial charge in [0.1, 0.15) is 5.84 Å². The lowest BCUT2D eigenvalue weighted by atomic mass is 10.2. The van der Waals surface area contributed by atoms with Gasteiger partial charge >= 0.3 is 0 Å². The Morgan fingerprint density at radius 1 is 1.40 bits per heavy atom. The average Bonchev–Trinajstić information content (AvgIpc) is 2.11. The van der Waals surface area contributed by atoms with Crippen molar-refractivity contribution >= 4 is 11.5 Å². The molecule has 0 amide bonds. The summed E-state index contributed by atoms with van der Waals surface area (Å²) < 4.78 is 29.5. The van der Waals surface area contributed by atoms with Crippen LogP contribution >= 0.6 is 0 Å². The van der Waals surface area contributed by atoms with Crippen LogP contribution in [-0.2, 0) is 0 Å². The monoisotopic (exact) mass is 139 g/mol. The molecule has 0 fully saturated rings. The molecule has 0 bridgehead atoms. The number of nitrogens with two attached hydrogens (primary N) is 2. The minimum absolute atomic E-state index is 0.214. The highest BCUT2D eigenvalue weighted by atomic mass is 14.7. The van der Waals surface area contributed by atoms with E-state index in [2.05, 4.69) is 0 Å². The van der Waals surface area contributed by atoms with E-state index in [-0.39, 0.29) is 35.4 Å². The molecule has 1 aromatic carbocycles. The molecule has 0 heterocycles. The first kappa shape index (κ1) is 3.05. The van der Waals surface area contributed by atoms with Crippen LogP contribution in [0.4, 0.5) is 5.69 Å². The van der Waals surface area contributed by atoms with Crippen molar-refractivity contribution in [3.05, 3.63) is 29.7 Å². The summed E-state index contributed by atoms with van der Waals surface area (Å²) in [5, 5.41) is 7.11. The number of rotatable bonds is 1. The largest absolute Gasteiger partial charge is 0.399 e. The molecule has 3 heteroatoms. The van der Waals surface area contributed by atoms with Gasteiger partial charge in [-0.1, -0.05) is 0 Å². The van der Waals surface area contributed by atoms with Crippen molar-refractivity contribution in [1.82, 2.24) is 0 Å². The number of hydrogen-bond donors (Lipinski definition) is 3. The highest BCUT2D eigenvalue weighted by Crippen LogP contribution is 2.03. The summed E-state index contributed by atoms with van der Waals surface area (Å²) in [5.74, 6) is -0.498. The molecule has 5 N–H and O–H groups in total. The Hall–Kier alpha value is -1.51. The third-order valence-corrected chi connectivity index (χ3v) is 0.914. The molecule has 0 aliphatic carbocycles. The molecule has 0 saturated carbocycles. The van der Waals surface area contributed by atoms with E-state index < -0.39 is 5.84 Å². The molecule has 3 nitrogen and oxygen atoms in total. The minimum Gasteiger partial charge on any atom is -0.399 e. The molecule has 1 aromatic rings. The van der Waals surface area contributed by atoms with E-state index in [1.165, 1.54) is 0 Å². The molecule has 10 heavy (non-hydrogen) atoms. The van der Waals surface area contributed by atoms with Crippen LogP contribution in [-0.4, -0.2) is 5.84 Å². The highest BCUT2D eigenvalue weighted by molar-refractivity contribution is 5.95. The Labute approximate surface area is 64.8 Å². The lowest BCUT2D eigenvalue weighted by molar-refractivity contribution is 1.42. The standard InChI is InChI=1S/C7H9N3/c8-6-3-1-5(2-4-6)7(9)10/h1-4H,8H2,(H3,9,10)/i1D,2D,3D,4D. The van der Waals surface area contributed by atoms with Crippen molar-refractivity contribution in [2.75, 3.05) is 5.73 Å². The second-order valence-electron chi connectivity index (χ2n) is 1.70. The average molecular weight is 139 g/mol. The van der Waals surface area contributed by atoms with E-state index in [0.717, 1.165) is 0 Å². The molecule has 0 aromatic heterocycles. The summed E-state index contributed by atoms with van der Waals surface area (Å²) in [4.78, 5) is 0. The quantitative estimate of drug-likeness (QED) is 0.302. The van der Waals surface area contributed by atoms with Gasteiger partial charge in [-0.25, -0.2) is 0 Å². The van der Waals surface area contributed by atoms with E-state index in [1.54, 1.807) is 0 Å². The summed E-state index contributed by atoms with van der Waals surface area (Å²) in [5.41, 5.74) is 10.0. The van der Waals surface area contributed by atoms with Gasteiger partial charge in [0.15, 0.2) is 0 Å². The van der Waals surface area contributed by atoms with Crippen LogP contribution in [0.5, 0.6) is 0 Å². The Kier molecular flexibility index (Phi) is 0.730. The lowest BCUT2D eigenvalue weighted by Crippen LogP contribution is -2.10. The summed E-state index contributed by atoms with van der Waals surface area (Å²) >= 11 is 0. The zero-order chi connectivity index (χ0) is 11.0. The second-order valence-corrected chi connectivity index (χ2v) is 1.70. The van der Waals surface area contributed by atoms with Crippen LogP contribution in [0.3, 0.4) is 0 Å². The molecular formula is C7H9N3. The fourth-order valence-corrected chi connectivity index (χ4v) is 0.457. The molecule has 0 spiro atoms. The predicted molar refractivity (Wildman–Crippen MR) is 41.9 cm³/mol. The Bertz CT molecular complexity index is 387. The summed E-state index contributed by atoms with van der Waals surface area (Å²) in [6.07, 6.45) is 0. The number of benzene rings is 1. The number of amidine groups is 1. The molecule has 0 unspecified atom stereocenters. The Morgan fingerprint density at radius 2 is 1.90 bits per heavy atom. The smallest absolute Gasteiger partial charge is 0.122 e. The maximum absolute atomic E-state index is 7.41. The van der Waals surface area contributed by atoms with Crippen LogP contribution in [0.1, 0.15) is 11.0 Å². The van der Waals surface area contributed by atoms with Gasteiger partial charge in [0.05, 0.1) is 5.48 Å². The predicted octanol–water partition coefficient (Wildman–Crippen LogP) is 0.553.